The second kappa shape index (κ2) is 25.2. The second-order valence-electron chi connectivity index (χ2n) is 8.92. The Morgan fingerprint density at radius 2 is 0.571 bits per heavy atom. The fraction of sp³-hybridized carbons (Fsp3) is 1.00. The van der Waals surface area contributed by atoms with E-state index in [0.717, 1.165) is 11.5 Å². The summed E-state index contributed by atoms with van der Waals surface area (Å²) in [6.45, 7) is 4.57. The zero-order chi connectivity index (χ0) is 20.5. The largest absolute Gasteiger partial charge is 0.260 e. The third kappa shape index (κ3) is 24.2. The minimum absolute atomic E-state index is 0.547. The van der Waals surface area contributed by atoms with E-state index in [1.54, 1.807) is 0 Å². The van der Waals surface area contributed by atoms with Crippen LogP contribution in [0.1, 0.15) is 155 Å². The maximum Gasteiger partial charge on any atom is 0.0234 e. The summed E-state index contributed by atoms with van der Waals surface area (Å²) >= 11 is 0. The standard InChI is InChI=1S/C26H54OS/c1-3-5-7-9-11-13-15-17-19-21-23-25-28(27)26-24-22-20-18-16-14-12-10-8-6-4-2/h3-26H2,1-2H3. The maximum absolute atomic E-state index is 12.1. The van der Waals surface area contributed by atoms with Crippen molar-refractivity contribution in [2.24, 2.45) is 0 Å². The highest BCUT2D eigenvalue weighted by Gasteiger charge is 2.00. The zero-order valence-corrected chi connectivity index (χ0v) is 20.6. The number of rotatable bonds is 24. The predicted octanol–water partition coefficient (Wildman–Crippen LogP) is 9.36. The van der Waals surface area contributed by atoms with Crippen LogP contribution < -0.4 is 0 Å². The van der Waals surface area contributed by atoms with E-state index in [2.05, 4.69) is 13.8 Å². The van der Waals surface area contributed by atoms with Crippen LogP contribution in [-0.4, -0.2) is 15.7 Å². The summed E-state index contributed by atoms with van der Waals surface area (Å²) < 4.78 is 12.1. The summed E-state index contributed by atoms with van der Waals surface area (Å²) in [5, 5.41) is 0. The molecular weight excluding hydrogens is 360 g/mol. The molecule has 0 N–H and O–H groups in total. The van der Waals surface area contributed by atoms with Gasteiger partial charge in [-0.05, 0) is 12.8 Å². The van der Waals surface area contributed by atoms with Crippen LogP contribution >= 0.6 is 0 Å². The van der Waals surface area contributed by atoms with Crippen LogP contribution in [0.25, 0.3) is 0 Å². The van der Waals surface area contributed by atoms with Gasteiger partial charge >= 0.3 is 0 Å². The van der Waals surface area contributed by atoms with E-state index in [0.29, 0.717) is 0 Å². The van der Waals surface area contributed by atoms with Gasteiger partial charge in [0.2, 0.25) is 0 Å². The fourth-order valence-corrected chi connectivity index (χ4v) is 5.21. The van der Waals surface area contributed by atoms with Gasteiger partial charge in [-0.15, -0.1) is 0 Å². The summed E-state index contributed by atoms with van der Waals surface area (Å²) in [5.41, 5.74) is 0. The van der Waals surface area contributed by atoms with Crippen molar-refractivity contribution in [3.63, 3.8) is 0 Å². The van der Waals surface area contributed by atoms with Crippen molar-refractivity contribution in [2.45, 2.75) is 155 Å². The van der Waals surface area contributed by atoms with Crippen molar-refractivity contribution in [2.75, 3.05) is 11.5 Å². The zero-order valence-electron chi connectivity index (χ0n) is 19.8. The van der Waals surface area contributed by atoms with Crippen LogP contribution in [0.2, 0.25) is 0 Å². The molecule has 2 heteroatoms. The maximum atomic E-state index is 12.1. The molecule has 0 aliphatic rings. The lowest BCUT2D eigenvalue weighted by atomic mass is 10.1. The molecule has 0 aromatic carbocycles. The van der Waals surface area contributed by atoms with Crippen molar-refractivity contribution in [1.82, 2.24) is 0 Å². The van der Waals surface area contributed by atoms with Crippen LogP contribution in [0, 0.1) is 0 Å². The molecule has 0 heterocycles. The highest BCUT2D eigenvalue weighted by Crippen LogP contribution is 2.13. The molecule has 0 fully saturated rings. The van der Waals surface area contributed by atoms with Crippen molar-refractivity contribution in [1.29, 1.82) is 0 Å². The minimum atomic E-state index is -0.547. The van der Waals surface area contributed by atoms with Crippen molar-refractivity contribution in [3.8, 4) is 0 Å². The Kier molecular flexibility index (Phi) is 25.3. The van der Waals surface area contributed by atoms with Gasteiger partial charge < -0.3 is 0 Å². The molecule has 0 rings (SSSR count). The summed E-state index contributed by atoms with van der Waals surface area (Å²) in [6, 6.07) is 0. The first kappa shape index (κ1) is 28.1. The van der Waals surface area contributed by atoms with Gasteiger partial charge in [0, 0.05) is 22.3 Å². The van der Waals surface area contributed by atoms with E-state index in [9.17, 15) is 4.21 Å². The van der Waals surface area contributed by atoms with E-state index in [-0.39, 0.29) is 0 Å². The molecule has 170 valence electrons. The van der Waals surface area contributed by atoms with Crippen molar-refractivity contribution in [3.05, 3.63) is 0 Å². The topological polar surface area (TPSA) is 17.1 Å². The van der Waals surface area contributed by atoms with Crippen LogP contribution in [-0.2, 0) is 10.8 Å². The van der Waals surface area contributed by atoms with Gasteiger partial charge in [0.15, 0.2) is 0 Å². The molecule has 0 radical (unpaired) electrons. The number of hydrogen-bond acceptors (Lipinski definition) is 1. The summed E-state index contributed by atoms with van der Waals surface area (Å²) in [7, 11) is -0.547. The summed E-state index contributed by atoms with van der Waals surface area (Å²) in [6.07, 6.45) is 30.2. The molecule has 28 heavy (non-hydrogen) atoms. The monoisotopic (exact) mass is 414 g/mol. The molecular formula is C26H54OS. The van der Waals surface area contributed by atoms with E-state index in [4.69, 9.17) is 0 Å². The first-order valence-corrected chi connectivity index (χ1v) is 14.6. The highest BCUT2D eigenvalue weighted by atomic mass is 32.2. The van der Waals surface area contributed by atoms with Gasteiger partial charge in [0.25, 0.3) is 0 Å². The molecule has 0 saturated carbocycles. The Morgan fingerprint density at radius 3 is 0.821 bits per heavy atom. The van der Waals surface area contributed by atoms with E-state index < -0.39 is 10.8 Å². The lowest BCUT2D eigenvalue weighted by molar-refractivity contribution is 0.553. The van der Waals surface area contributed by atoms with Gasteiger partial charge in [-0.3, -0.25) is 4.21 Å². The first-order chi connectivity index (χ1) is 13.8. The third-order valence-corrected chi connectivity index (χ3v) is 7.44. The Balaban J connectivity index is 3.13. The average molecular weight is 415 g/mol. The molecule has 0 bridgehead atoms. The summed E-state index contributed by atoms with van der Waals surface area (Å²) in [4.78, 5) is 0. The molecule has 0 saturated heterocycles. The molecule has 0 atom stereocenters. The van der Waals surface area contributed by atoms with Crippen LogP contribution in [0.15, 0.2) is 0 Å². The number of unbranched alkanes of at least 4 members (excludes halogenated alkanes) is 20. The van der Waals surface area contributed by atoms with Gasteiger partial charge in [0.05, 0.1) is 0 Å². The number of hydrogen-bond donors (Lipinski definition) is 0. The third-order valence-electron chi connectivity index (χ3n) is 5.95. The summed E-state index contributed by atoms with van der Waals surface area (Å²) in [5.74, 6) is 1.91. The Labute approximate surface area is 181 Å². The predicted molar refractivity (Wildman–Crippen MR) is 131 cm³/mol. The minimum Gasteiger partial charge on any atom is -0.260 e. The fourth-order valence-electron chi connectivity index (χ4n) is 3.96. The molecule has 1 nitrogen and oxygen atoms in total. The van der Waals surface area contributed by atoms with Crippen molar-refractivity contribution >= 4 is 10.8 Å². The van der Waals surface area contributed by atoms with Gasteiger partial charge in [-0.1, -0.05) is 142 Å². The van der Waals surface area contributed by atoms with Crippen LogP contribution in [0.5, 0.6) is 0 Å². The average Bonchev–Trinajstić information content (AvgIpc) is 2.70. The molecule has 0 aromatic rings. The Morgan fingerprint density at radius 1 is 0.357 bits per heavy atom. The molecule has 0 aliphatic heterocycles. The molecule has 0 aromatic heterocycles. The van der Waals surface area contributed by atoms with E-state index >= 15 is 0 Å². The quantitative estimate of drug-likeness (QED) is 0.144. The van der Waals surface area contributed by atoms with E-state index in [1.807, 2.05) is 0 Å². The molecule has 0 unspecified atom stereocenters. The first-order valence-electron chi connectivity index (χ1n) is 13.2. The lowest BCUT2D eigenvalue weighted by Gasteiger charge is -2.04. The van der Waals surface area contributed by atoms with E-state index in [1.165, 1.54) is 141 Å². The molecule has 0 spiro atoms. The molecule has 0 aliphatic carbocycles. The Bertz CT molecular complexity index is 275. The van der Waals surface area contributed by atoms with Crippen LogP contribution in [0.3, 0.4) is 0 Å². The smallest absolute Gasteiger partial charge is 0.0234 e. The lowest BCUT2D eigenvalue weighted by Crippen LogP contribution is -2.02. The van der Waals surface area contributed by atoms with Gasteiger partial charge in [0.1, 0.15) is 0 Å². The second-order valence-corrected chi connectivity index (χ2v) is 10.6. The molecule has 0 amide bonds. The van der Waals surface area contributed by atoms with Crippen LogP contribution in [0.4, 0.5) is 0 Å². The van der Waals surface area contributed by atoms with Gasteiger partial charge in [-0.2, -0.15) is 0 Å². The normalized spacial score (nSPS) is 11.5. The SMILES string of the molecule is CCCCCCCCCCCCCS(=O)CCCCCCCCCCCCC. The van der Waals surface area contributed by atoms with Crippen molar-refractivity contribution < 1.29 is 4.21 Å². The van der Waals surface area contributed by atoms with Gasteiger partial charge in [-0.25, -0.2) is 0 Å². The highest BCUT2D eigenvalue weighted by molar-refractivity contribution is 7.84. The Hall–Kier alpha value is 0.150.